The number of amides is 1. The van der Waals surface area contributed by atoms with Crippen molar-refractivity contribution in [2.75, 3.05) is 0 Å². The standard InChI is InChI=1S/C24H17ClF5N3O2.CH4/c1-13(32-23(34)24(28,29)30)22(14-8-16(25)11-18(27)9-14)35-20-6-7-21-15(10-20)12-31-33(21)19-4-2-17(26)3-5-19;/h2-13,22H,1H3,(H,32,34);1H4/t13-,22-;/m0./s1. The molecule has 0 bridgehead atoms. The molecule has 1 amide bonds. The number of carbonyl (C=O) groups excluding carboxylic acids is 1. The molecule has 0 saturated heterocycles. The van der Waals surface area contributed by atoms with Crippen LogP contribution in [0.25, 0.3) is 16.6 Å². The van der Waals surface area contributed by atoms with Crippen LogP contribution in [0.1, 0.15) is 26.0 Å². The van der Waals surface area contributed by atoms with Crippen molar-refractivity contribution in [3.63, 3.8) is 0 Å². The lowest BCUT2D eigenvalue weighted by Gasteiger charge is -2.27. The third kappa shape index (κ3) is 5.93. The van der Waals surface area contributed by atoms with Gasteiger partial charge in [-0.1, -0.05) is 19.0 Å². The number of hydrogen-bond donors (Lipinski definition) is 1. The van der Waals surface area contributed by atoms with Gasteiger partial charge in [0.1, 0.15) is 23.5 Å². The highest BCUT2D eigenvalue weighted by molar-refractivity contribution is 6.30. The van der Waals surface area contributed by atoms with Gasteiger partial charge in [0, 0.05) is 10.4 Å². The van der Waals surface area contributed by atoms with Crippen LogP contribution in [0, 0.1) is 11.6 Å². The smallest absolute Gasteiger partial charge is 0.471 e. The Morgan fingerprint density at radius 3 is 2.36 bits per heavy atom. The number of halogens is 6. The summed E-state index contributed by atoms with van der Waals surface area (Å²) in [6.45, 7) is 1.30. The fourth-order valence-electron chi connectivity index (χ4n) is 3.58. The van der Waals surface area contributed by atoms with Gasteiger partial charge >= 0.3 is 12.1 Å². The van der Waals surface area contributed by atoms with E-state index in [4.69, 9.17) is 16.3 Å². The van der Waals surface area contributed by atoms with Crippen LogP contribution in [0.3, 0.4) is 0 Å². The van der Waals surface area contributed by atoms with Crippen molar-refractivity contribution >= 4 is 28.4 Å². The fourth-order valence-corrected chi connectivity index (χ4v) is 3.81. The van der Waals surface area contributed by atoms with Crippen LogP contribution >= 0.6 is 11.6 Å². The Balaban J connectivity index is 0.00000361. The van der Waals surface area contributed by atoms with Crippen LogP contribution in [0.2, 0.25) is 5.02 Å². The molecule has 1 N–H and O–H groups in total. The molecule has 5 nitrogen and oxygen atoms in total. The summed E-state index contributed by atoms with van der Waals surface area (Å²) >= 11 is 5.93. The maximum Gasteiger partial charge on any atom is 0.471 e. The predicted octanol–water partition coefficient (Wildman–Crippen LogP) is 6.78. The van der Waals surface area contributed by atoms with Gasteiger partial charge in [-0.15, -0.1) is 0 Å². The second kappa shape index (κ2) is 10.5. The van der Waals surface area contributed by atoms with Crippen molar-refractivity contribution in [1.82, 2.24) is 15.1 Å². The van der Waals surface area contributed by atoms with Crippen molar-refractivity contribution in [1.29, 1.82) is 0 Å². The maximum absolute atomic E-state index is 14.0. The Hall–Kier alpha value is -3.66. The summed E-state index contributed by atoms with van der Waals surface area (Å²) in [5.41, 5.74) is 1.41. The van der Waals surface area contributed by atoms with Gasteiger partial charge in [0.25, 0.3) is 0 Å². The number of aromatic nitrogens is 2. The van der Waals surface area contributed by atoms with Crippen molar-refractivity contribution < 1.29 is 31.5 Å². The van der Waals surface area contributed by atoms with Gasteiger partial charge in [0.05, 0.1) is 23.4 Å². The molecule has 0 aliphatic rings. The SMILES string of the molecule is C.C[C@H](NC(=O)C(F)(F)F)[C@H](Oc1ccc2c(cnn2-c2ccc(F)cc2)c1)c1cc(F)cc(Cl)c1. The summed E-state index contributed by atoms with van der Waals surface area (Å²) in [5.74, 6) is -3.03. The lowest BCUT2D eigenvalue weighted by Crippen LogP contribution is -2.45. The number of rotatable bonds is 6. The summed E-state index contributed by atoms with van der Waals surface area (Å²) in [6, 6.07) is 12.8. The zero-order valence-corrected chi connectivity index (χ0v) is 18.7. The molecule has 0 spiro atoms. The van der Waals surface area contributed by atoms with E-state index in [0.29, 0.717) is 16.6 Å². The maximum atomic E-state index is 14.0. The third-order valence-electron chi connectivity index (χ3n) is 5.16. The van der Waals surface area contributed by atoms with Crippen molar-refractivity contribution in [2.45, 2.75) is 32.7 Å². The molecule has 3 aromatic carbocycles. The van der Waals surface area contributed by atoms with E-state index in [1.54, 1.807) is 35.0 Å². The zero-order chi connectivity index (χ0) is 25.3. The van der Waals surface area contributed by atoms with Gasteiger partial charge in [-0.05, 0) is 73.2 Å². The van der Waals surface area contributed by atoms with E-state index in [0.717, 1.165) is 12.1 Å². The predicted molar refractivity (Wildman–Crippen MR) is 126 cm³/mol. The van der Waals surface area contributed by atoms with Gasteiger partial charge in [-0.3, -0.25) is 4.79 Å². The largest absolute Gasteiger partial charge is 0.484 e. The molecular formula is C25H21ClF5N3O2. The topological polar surface area (TPSA) is 56.1 Å². The second-order valence-corrected chi connectivity index (χ2v) is 8.19. The van der Waals surface area contributed by atoms with Crippen molar-refractivity contribution in [2.24, 2.45) is 0 Å². The van der Waals surface area contributed by atoms with Crippen molar-refractivity contribution in [3.05, 3.63) is 89.1 Å². The first-order chi connectivity index (χ1) is 16.5. The summed E-state index contributed by atoms with van der Waals surface area (Å²) in [4.78, 5) is 11.5. The van der Waals surface area contributed by atoms with Gasteiger partial charge in [0.2, 0.25) is 0 Å². The van der Waals surface area contributed by atoms with Gasteiger partial charge in [-0.2, -0.15) is 18.3 Å². The molecule has 36 heavy (non-hydrogen) atoms. The van der Waals surface area contributed by atoms with Crippen LogP contribution in [0.4, 0.5) is 22.0 Å². The number of nitrogens with zero attached hydrogens (tertiary/aromatic N) is 2. The van der Waals surface area contributed by atoms with E-state index in [2.05, 4.69) is 5.10 Å². The van der Waals surface area contributed by atoms with E-state index in [-0.39, 0.29) is 23.8 Å². The highest BCUT2D eigenvalue weighted by Gasteiger charge is 2.40. The van der Waals surface area contributed by atoms with Crippen LogP contribution in [-0.2, 0) is 4.79 Å². The van der Waals surface area contributed by atoms with E-state index in [9.17, 15) is 26.7 Å². The molecular weight excluding hydrogens is 505 g/mol. The molecule has 2 atom stereocenters. The number of hydrogen-bond acceptors (Lipinski definition) is 3. The molecule has 1 heterocycles. The quantitative estimate of drug-likeness (QED) is 0.282. The van der Waals surface area contributed by atoms with Gasteiger partial charge < -0.3 is 10.1 Å². The highest BCUT2D eigenvalue weighted by Crippen LogP contribution is 2.31. The van der Waals surface area contributed by atoms with E-state index in [1.165, 1.54) is 31.3 Å². The summed E-state index contributed by atoms with van der Waals surface area (Å²) in [6.07, 6.45) is -4.78. The molecule has 0 aliphatic carbocycles. The van der Waals surface area contributed by atoms with Crippen LogP contribution in [0.5, 0.6) is 5.75 Å². The molecule has 0 saturated carbocycles. The van der Waals surface area contributed by atoms with Crippen LogP contribution in [0.15, 0.2) is 66.9 Å². The number of carbonyl (C=O) groups is 1. The van der Waals surface area contributed by atoms with E-state index < -0.39 is 35.9 Å². The number of ether oxygens (including phenoxy) is 1. The average Bonchev–Trinajstić information content (AvgIpc) is 3.19. The first-order valence-electron chi connectivity index (χ1n) is 10.3. The zero-order valence-electron chi connectivity index (χ0n) is 18.0. The Kier molecular flexibility index (Phi) is 7.88. The Morgan fingerprint density at radius 2 is 1.72 bits per heavy atom. The molecule has 190 valence electrons. The molecule has 0 radical (unpaired) electrons. The molecule has 0 fully saturated rings. The van der Waals surface area contributed by atoms with Gasteiger partial charge in [-0.25, -0.2) is 13.5 Å². The summed E-state index contributed by atoms with van der Waals surface area (Å²) < 4.78 is 73.2. The lowest BCUT2D eigenvalue weighted by atomic mass is 10.0. The molecule has 0 aliphatic heterocycles. The minimum absolute atomic E-state index is 0. The molecule has 1 aromatic heterocycles. The number of fused-ring (bicyclic) bond motifs is 1. The van der Waals surface area contributed by atoms with Crippen LogP contribution in [-0.4, -0.2) is 27.9 Å². The minimum atomic E-state index is -5.10. The van der Waals surface area contributed by atoms with Crippen molar-refractivity contribution in [3.8, 4) is 11.4 Å². The minimum Gasteiger partial charge on any atom is -0.484 e. The Morgan fingerprint density at radius 1 is 1.03 bits per heavy atom. The monoisotopic (exact) mass is 525 g/mol. The molecule has 0 unspecified atom stereocenters. The molecule has 4 rings (SSSR count). The Labute approximate surface area is 208 Å². The fraction of sp³-hybridized carbons (Fsp3) is 0.200. The van der Waals surface area contributed by atoms with Crippen LogP contribution < -0.4 is 10.1 Å². The second-order valence-electron chi connectivity index (χ2n) is 7.75. The Bertz CT molecular complexity index is 1350. The summed E-state index contributed by atoms with van der Waals surface area (Å²) in [7, 11) is 0. The first-order valence-corrected chi connectivity index (χ1v) is 10.6. The molecule has 11 heteroatoms. The number of alkyl halides is 3. The first kappa shape index (κ1) is 26.9. The number of nitrogens with one attached hydrogen (secondary N) is 1. The lowest BCUT2D eigenvalue weighted by molar-refractivity contribution is -0.174. The average molecular weight is 526 g/mol. The van der Waals surface area contributed by atoms with Gasteiger partial charge in [0.15, 0.2) is 0 Å². The number of benzene rings is 3. The normalized spacial score (nSPS) is 13.1. The highest BCUT2D eigenvalue weighted by atomic mass is 35.5. The van der Waals surface area contributed by atoms with E-state index in [1.807, 2.05) is 5.32 Å². The molecule has 4 aromatic rings. The third-order valence-corrected chi connectivity index (χ3v) is 5.38. The summed E-state index contributed by atoms with van der Waals surface area (Å²) in [5, 5.41) is 6.76. The van der Waals surface area contributed by atoms with E-state index >= 15 is 0 Å².